The van der Waals surface area contributed by atoms with E-state index in [1.54, 1.807) is 31.2 Å². The van der Waals surface area contributed by atoms with Crippen molar-refractivity contribution in [1.29, 1.82) is 0 Å². The van der Waals surface area contributed by atoms with Gasteiger partial charge in [-0.3, -0.25) is 4.79 Å². The lowest BCUT2D eigenvalue weighted by Crippen LogP contribution is -1.95. The summed E-state index contributed by atoms with van der Waals surface area (Å²) >= 11 is 11.7. The zero-order chi connectivity index (χ0) is 16.1. The number of allylic oxidation sites excluding steroid dienone is 1. The number of benzene rings is 1. The number of carbonyl (C=O) groups is 1. The Labute approximate surface area is 138 Å². The van der Waals surface area contributed by atoms with Crippen LogP contribution < -0.4 is 4.74 Å². The van der Waals surface area contributed by atoms with Gasteiger partial charge in [-0.2, -0.15) is 0 Å². The minimum atomic E-state index is -0.216. The number of hydrogen-bond acceptors (Lipinski definition) is 4. The van der Waals surface area contributed by atoms with Gasteiger partial charge in [-0.1, -0.05) is 29.3 Å². The predicted molar refractivity (Wildman–Crippen MR) is 86.9 cm³/mol. The molecule has 1 heterocycles. The maximum Gasteiger partial charge on any atom is 0.186 e. The molecular weight excluding hydrogens is 325 g/mol. The van der Waals surface area contributed by atoms with E-state index in [0.29, 0.717) is 17.7 Å². The van der Waals surface area contributed by atoms with Gasteiger partial charge in [0.15, 0.2) is 17.3 Å². The Bertz CT molecular complexity index is 729. The predicted octanol–water partition coefficient (Wildman–Crippen LogP) is 4.39. The highest BCUT2D eigenvalue weighted by atomic mass is 35.5. The third kappa shape index (κ3) is 4.00. The summed E-state index contributed by atoms with van der Waals surface area (Å²) in [4.78, 5) is 15.9. The molecule has 0 atom stereocenters. The van der Waals surface area contributed by atoms with E-state index >= 15 is 0 Å². The monoisotopic (exact) mass is 337 g/mol. The van der Waals surface area contributed by atoms with Crippen LogP contribution in [0.2, 0.25) is 10.2 Å². The highest BCUT2D eigenvalue weighted by molar-refractivity contribution is 6.32. The van der Waals surface area contributed by atoms with Gasteiger partial charge in [0, 0.05) is 11.8 Å². The van der Waals surface area contributed by atoms with Crippen LogP contribution in [0, 0.1) is 0 Å². The summed E-state index contributed by atoms with van der Waals surface area (Å²) in [5, 5.41) is 10.2. The van der Waals surface area contributed by atoms with Gasteiger partial charge >= 0.3 is 0 Å². The van der Waals surface area contributed by atoms with E-state index in [9.17, 15) is 9.90 Å². The minimum absolute atomic E-state index is 0.118. The maximum atomic E-state index is 12.0. The zero-order valence-corrected chi connectivity index (χ0v) is 13.2. The van der Waals surface area contributed by atoms with Crippen LogP contribution in [-0.2, 0) is 0 Å². The lowest BCUT2D eigenvalue weighted by atomic mass is 10.1. The number of phenolic OH excluding ortho intramolecular Hbond substituents is 1. The Morgan fingerprint density at radius 3 is 2.82 bits per heavy atom. The molecule has 0 amide bonds. The number of pyridine rings is 1. The van der Waals surface area contributed by atoms with Crippen molar-refractivity contribution < 1.29 is 14.6 Å². The molecule has 114 valence electrons. The Balaban J connectivity index is 2.24. The fraction of sp³-hybridized carbons (Fsp3) is 0.125. The van der Waals surface area contributed by atoms with Crippen molar-refractivity contribution in [2.24, 2.45) is 0 Å². The van der Waals surface area contributed by atoms with Crippen molar-refractivity contribution >= 4 is 35.1 Å². The lowest BCUT2D eigenvalue weighted by Gasteiger charge is -2.08. The number of aromatic hydroxyl groups is 1. The average molecular weight is 338 g/mol. The Kier molecular flexibility index (Phi) is 5.41. The van der Waals surface area contributed by atoms with Gasteiger partial charge in [0.2, 0.25) is 0 Å². The van der Waals surface area contributed by atoms with Crippen LogP contribution in [0.15, 0.2) is 36.5 Å². The second-order valence-corrected chi connectivity index (χ2v) is 5.14. The molecule has 0 spiro atoms. The number of ether oxygens (including phenoxy) is 1. The van der Waals surface area contributed by atoms with E-state index in [1.165, 1.54) is 18.3 Å². The van der Waals surface area contributed by atoms with Crippen molar-refractivity contribution in [3.63, 3.8) is 0 Å². The standard InChI is InChI=1S/C16H13Cl2NO3/c1-2-22-14-8-10(7-12(17)16(14)21)3-4-13(20)11-5-6-19-15(18)9-11/h3-9,21H,2H2,1H3/b4-3+. The van der Waals surface area contributed by atoms with E-state index in [0.717, 1.165) is 0 Å². The molecule has 4 nitrogen and oxygen atoms in total. The molecule has 22 heavy (non-hydrogen) atoms. The fourth-order valence-electron chi connectivity index (χ4n) is 1.78. The first-order chi connectivity index (χ1) is 10.5. The summed E-state index contributed by atoms with van der Waals surface area (Å²) in [7, 11) is 0. The molecule has 0 saturated heterocycles. The van der Waals surface area contributed by atoms with Crippen molar-refractivity contribution in [1.82, 2.24) is 4.98 Å². The Morgan fingerprint density at radius 1 is 1.36 bits per heavy atom. The quantitative estimate of drug-likeness (QED) is 0.499. The fourth-order valence-corrected chi connectivity index (χ4v) is 2.17. The van der Waals surface area contributed by atoms with E-state index in [-0.39, 0.29) is 27.5 Å². The second-order valence-electron chi connectivity index (χ2n) is 4.35. The van der Waals surface area contributed by atoms with Crippen molar-refractivity contribution in [3.05, 3.63) is 57.8 Å². The average Bonchev–Trinajstić information content (AvgIpc) is 2.49. The van der Waals surface area contributed by atoms with Crippen LogP contribution in [0.25, 0.3) is 6.08 Å². The van der Waals surface area contributed by atoms with E-state index in [2.05, 4.69) is 4.98 Å². The number of halogens is 2. The molecule has 6 heteroatoms. The zero-order valence-electron chi connectivity index (χ0n) is 11.7. The molecule has 0 fully saturated rings. The third-order valence-corrected chi connectivity index (χ3v) is 3.28. The van der Waals surface area contributed by atoms with Gasteiger partial charge < -0.3 is 9.84 Å². The molecule has 1 aromatic carbocycles. The summed E-state index contributed by atoms with van der Waals surface area (Å²) in [5.41, 5.74) is 1.07. The topological polar surface area (TPSA) is 59.4 Å². The van der Waals surface area contributed by atoms with Gasteiger partial charge in [-0.15, -0.1) is 0 Å². The minimum Gasteiger partial charge on any atom is -0.503 e. The highest BCUT2D eigenvalue weighted by Gasteiger charge is 2.09. The van der Waals surface area contributed by atoms with Gasteiger partial charge in [0.25, 0.3) is 0 Å². The van der Waals surface area contributed by atoms with Gasteiger partial charge in [-0.25, -0.2) is 4.98 Å². The molecule has 0 saturated carbocycles. The first kappa shape index (κ1) is 16.3. The molecule has 0 radical (unpaired) electrons. The molecule has 1 N–H and O–H groups in total. The lowest BCUT2D eigenvalue weighted by molar-refractivity contribution is 0.104. The normalized spacial score (nSPS) is 10.9. The third-order valence-electron chi connectivity index (χ3n) is 2.79. The van der Waals surface area contributed by atoms with E-state index in [4.69, 9.17) is 27.9 Å². The molecule has 0 bridgehead atoms. The number of carbonyl (C=O) groups excluding carboxylic acids is 1. The molecule has 0 aliphatic heterocycles. The largest absolute Gasteiger partial charge is 0.503 e. The first-order valence-electron chi connectivity index (χ1n) is 6.50. The van der Waals surface area contributed by atoms with Crippen molar-refractivity contribution in [2.45, 2.75) is 6.92 Å². The van der Waals surface area contributed by atoms with Gasteiger partial charge in [-0.05, 0) is 42.8 Å². The van der Waals surface area contributed by atoms with Gasteiger partial charge in [0.05, 0.1) is 11.6 Å². The van der Waals surface area contributed by atoms with Crippen LogP contribution >= 0.6 is 23.2 Å². The van der Waals surface area contributed by atoms with Gasteiger partial charge in [0.1, 0.15) is 5.15 Å². The Morgan fingerprint density at radius 2 is 2.14 bits per heavy atom. The van der Waals surface area contributed by atoms with Crippen LogP contribution in [0.1, 0.15) is 22.8 Å². The second kappa shape index (κ2) is 7.29. The maximum absolute atomic E-state index is 12.0. The van der Waals surface area contributed by atoms with E-state index < -0.39 is 0 Å². The molecule has 1 aromatic heterocycles. The number of phenols is 1. The molecular formula is C16H13Cl2NO3. The number of ketones is 1. The summed E-state index contributed by atoms with van der Waals surface area (Å²) in [5.74, 6) is -0.0616. The van der Waals surface area contributed by atoms with Crippen LogP contribution in [0.5, 0.6) is 11.5 Å². The Hall–Kier alpha value is -2.04. The molecule has 2 rings (SSSR count). The summed E-state index contributed by atoms with van der Waals surface area (Å²) in [6.45, 7) is 2.19. The number of nitrogens with zero attached hydrogens (tertiary/aromatic N) is 1. The summed E-state index contributed by atoms with van der Waals surface area (Å²) < 4.78 is 5.29. The smallest absolute Gasteiger partial charge is 0.186 e. The van der Waals surface area contributed by atoms with Crippen molar-refractivity contribution in [3.8, 4) is 11.5 Å². The number of rotatable bonds is 5. The molecule has 0 unspecified atom stereocenters. The summed E-state index contributed by atoms with van der Waals surface area (Å²) in [6, 6.07) is 6.22. The number of aromatic nitrogens is 1. The molecule has 0 aliphatic carbocycles. The molecule has 2 aromatic rings. The van der Waals surface area contributed by atoms with Crippen LogP contribution in [-0.4, -0.2) is 22.5 Å². The van der Waals surface area contributed by atoms with Crippen molar-refractivity contribution in [2.75, 3.05) is 6.61 Å². The molecule has 0 aliphatic rings. The highest BCUT2D eigenvalue weighted by Crippen LogP contribution is 2.35. The summed E-state index contributed by atoms with van der Waals surface area (Å²) in [6.07, 6.45) is 4.45. The first-order valence-corrected chi connectivity index (χ1v) is 7.26. The van der Waals surface area contributed by atoms with Crippen LogP contribution in [0.3, 0.4) is 0 Å². The SMILES string of the molecule is CCOc1cc(/C=C/C(=O)c2ccnc(Cl)c2)cc(Cl)c1O. The van der Waals surface area contributed by atoms with Crippen LogP contribution in [0.4, 0.5) is 0 Å². The van der Waals surface area contributed by atoms with E-state index in [1.807, 2.05) is 0 Å². The number of hydrogen-bond donors (Lipinski definition) is 1.